The lowest BCUT2D eigenvalue weighted by atomic mass is 9.98. The first-order valence-corrected chi connectivity index (χ1v) is 6.64. The van der Waals surface area contributed by atoms with Crippen LogP contribution in [0.25, 0.3) is 0 Å². The molecule has 0 saturated carbocycles. The van der Waals surface area contributed by atoms with Crippen LogP contribution >= 0.6 is 0 Å². The molecule has 6 heteroatoms. The molecule has 2 N–H and O–H groups in total. The molecule has 0 aromatic rings. The van der Waals surface area contributed by atoms with E-state index in [4.69, 9.17) is 14.6 Å². The molecule has 0 aliphatic carbocycles. The van der Waals surface area contributed by atoms with E-state index in [1.54, 1.807) is 13.8 Å². The van der Waals surface area contributed by atoms with Gasteiger partial charge in [-0.15, -0.1) is 0 Å². The van der Waals surface area contributed by atoms with Crippen molar-refractivity contribution < 1.29 is 17.9 Å². The molecular weight excluding hydrogens is 218 g/mol. The highest BCUT2D eigenvalue weighted by atomic mass is 32.2. The van der Waals surface area contributed by atoms with Gasteiger partial charge in [0.25, 0.3) is 0 Å². The Labute approximate surface area is 92.0 Å². The fraction of sp³-hybridized carbons (Fsp3) is 1.00. The Balaban J connectivity index is 3.75. The highest BCUT2D eigenvalue weighted by Crippen LogP contribution is 2.16. The van der Waals surface area contributed by atoms with Crippen LogP contribution in [0.2, 0.25) is 0 Å². The summed E-state index contributed by atoms with van der Waals surface area (Å²) in [6, 6.07) is 0. The molecule has 0 aliphatic heterocycles. The van der Waals surface area contributed by atoms with Gasteiger partial charge in [0.05, 0.1) is 25.6 Å². The Morgan fingerprint density at radius 1 is 1.20 bits per heavy atom. The van der Waals surface area contributed by atoms with E-state index < -0.39 is 15.4 Å². The van der Waals surface area contributed by atoms with Crippen LogP contribution in [0.5, 0.6) is 0 Å². The minimum Gasteiger partial charge on any atom is -0.379 e. The Bertz CT molecular complexity index is 261. The highest BCUT2D eigenvalue weighted by Gasteiger charge is 2.24. The summed E-state index contributed by atoms with van der Waals surface area (Å²) in [4.78, 5) is 0. The van der Waals surface area contributed by atoms with Crippen molar-refractivity contribution in [3.63, 3.8) is 0 Å². The van der Waals surface area contributed by atoms with Crippen LogP contribution in [0.4, 0.5) is 0 Å². The summed E-state index contributed by atoms with van der Waals surface area (Å²) in [5.74, 6) is -0.0748. The molecule has 5 nitrogen and oxygen atoms in total. The molecule has 0 aromatic carbocycles. The van der Waals surface area contributed by atoms with Crippen molar-refractivity contribution >= 4 is 10.0 Å². The molecular formula is C9H21NO4S. The third-order valence-electron chi connectivity index (χ3n) is 1.66. The summed E-state index contributed by atoms with van der Waals surface area (Å²) in [7, 11) is -3.44. The van der Waals surface area contributed by atoms with Crippen LogP contribution in [0.15, 0.2) is 0 Å². The summed E-state index contributed by atoms with van der Waals surface area (Å²) < 4.78 is 32.1. The summed E-state index contributed by atoms with van der Waals surface area (Å²) in [6.45, 7) is 7.53. The number of sulfonamides is 1. The lowest BCUT2D eigenvalue weighted by Gasteiger charge is -2.22. The van der Waals surface area contributed by atoms with Crippen molar-refractivity contribution in [2.75, 3.05) is 32.2 Å². The second-order valence-corrected chi connectivity index (χ2v) is 5.84. The molecule has 92 valence electrons. The van der Waals surface area contributed by atoms with Crippen molar-refractivity contribution in [1.29, 1.82) is 0 Å². The van der Waals surface area contributed by atoms with E-state index in [2.05, 4.69) is 0 Å². The first-order valence-electron chi connectivity index (χ1n) is 4.93. The standard InChI is InChI=1S/C9H21NO4S/c1-4-13-5-6-14-7-9(2,3)8-15(10,11)12/h4-8H2,1-3H3,(H2,10,11,12). The second-order valence-electron chi connectivity index (χ2n) is 4.22. The van der Waals surface area contributed by atoms with Crippen LogP contribution in [-0.2, 0) is 19.5 Å². The van der Waals surface area contributed by atoms with Gasteiger partial charge in [0, 0.05) is 12.0 Å². The minimum atomic E-state index is -3.44. The number of primary sulfonamides is 1. The summed E-state index contributed by atoms with van der Waals surface area (Å²) in [5, 5.41) is 4.97. The molecule has 15 heavy (non-hydrogen) atoms. The summed E-state index contributed by atoms with van der Waals surface area (Å²) in [6.07, 6.45) is 0. The molecule has 0 rings (SSSR count). The fourth-order valence-corrected chi connectivity index (χ4v) is 2.37. The first-order chi connectivity index (χ1) is 6.77. The predicted molar refractivity (Wildman–Crippen MR) is 59.1 cm³/mol. The maximum atomic E-state index is 10.9. The number of hydrogen-bond donors (Lipinski definition) is 1. The first kappa shape index (κ1) is 14.8. The molecule has 0 aromatic heterocycles. The lowest BCUT2D eigenvalue weighted by molar-refractivity contribution is 0.0234. The van der Waals surface area contributed by atoms with E-state index in [0.717, 1.165) is 0 Å². The number of nitrogens with two attached hydrogens (primary N) is 1. The Morgan fingerprint density at radius 2 is 1.73 bits per heavy atom. The molecule has 0 bridgehead atoms. The predicted octanol–water partition coefficient (Wildman–Crippen LogP) is 0.354. The SMILES string of the molecule is CCOCCOCC(C)(C)CS(N)(=O)=O. The largest absolute Gasteiger partial charge is 0.379 e. The highest BCUT2D eigenvalue weighted by molar-refractivity contribution is 7.89. The zero-order valence-electron chi connectivity index (χ0n) is 9.65. The van der Waals surface area contributed by atoms with E-state index in [1.807, 2.05) is 6.92 Å². The summed E-state index contributed by atoms with van der Waals surface area (Å²) in [5.41, 5.74) is -0.459. The third kappa shape index (κ3) is 10.1. The molecule has 0 atom stereocenters. The van der Waals surface area contributed by atoms with Crippen LogP contribution in [0, 0.1) is 5.41 Å². The van der Waals surface area contributed by atoms with Gasteiger partial charge in [0.15, 0.2) is 0 Å². The quantitative estimate of drug-likeness (QED) is 0.620. The third-order valence-corrected chi connectivity index (χ3v) is 2.84. The number of hydrogen-bond acceptors (Lipinski definition) is 4. The maximum absolute atomic E-state index is 10.9. The second kappa shape index (κ2) is 6.42. The van der Waals surface area contributed by atoms with Gasteiger partial charge in [-0.1, -0.05) is 13.8 Å². The van der Waals surface area contributed by atoms with Gasteiger partial charge < -0.3 is 9.47 Å². The van der Waals surface area contributed by atoms with Crippen LogP contribution in [0.1, 0.15) is 20.8 Å². The zero-order chi connectivity index (χ0) is 11.9. The Morgan fingerprint density at radius 3 is 2.20 bits per heavy atom. The number of ether oxygens (including phenoxy) is 2. The topological polar surface area (TPSA) is 78.6 Å². The van der Waals surface area contributed by atoms with Crippen LogP contribution in [0.3, 0.4) is 0 Å². The molecule has 0 spiro atoms. The van der Waals surface area contributed by atoms with Gasteiger partial charge in [0.1, 0.15) is 0 Å². The lowest BCUT2D eigenvalue weighted by Crippen LogP contribution is -2.33. The van der Waals surface area contributed by atoms with Gasteiger partial charge >= 0.3 is 0 Å². The van der Waals surface area contributed by atoms with Crippen LogP contribution < -0.4 is 5.14 Å². The molecule has 0 amide bonds. The van der Waals surface area contributed by atoms with Gasteiger partial charge in [-0.05, 0) is 6.92 Å². The van der Waals surface area contributed by atoms with E-state index in [0.29, 0.717) is 26.4 Å². The molecule has 0 saturated heterocycles. The fourth-order valence-electron chi connectivity index (χ4n) is 1.20. The summed E-state index contributed by atoms with van der Waals surface area (Å²) >= 11 is 0. The van der Waals surface area contributed by atoms with Crippen molar-refractivity contribution in [2.24, 2.45) is 10.6 Å². The zero-order valence-corrected chi connectivity index (χ0v) is 10.5. The number of rotatable bonds is 8. The smallest absolute Gasteiger partial charge is 0.209 e. The van der Waals surface area contributed by atoms with Crippen molar-refractivity contribution in [2.45, 2.75) is 20.8 Å². The minimum absolute atomic E-state index is 0.0748. The Kier molecular flexibility index (Phi) is 6.35. The van der Waals surface area contributed by atoms with Gasteiger partial charge in [0.2, 0.25) is 10.0 Å². The van der Waals surface area contributed by atoms with Crippen molar-refractivity contribution in [1.82, 2.24) is 0 Å². The Hall–Kier alpha value is -0.170. The van der Waals surface area contributed by atoms with E-state index in [-0.39, 0.29) is 5.75 Å². The van der Waals surface area contributed by atoms with Gasteiger partial charge in [-0.25, -0.2) is 13.6 Å². The van der Waals surface area contributed by atoms with E-state index in [1.165, 1.54) is 0 Å². The van der Waals surface area contributed by atoms with Gasteiger partial charge in [-0.2, -0.15) is 0 Å². The molecule has 0 radical (unpaired) electrons. The normalized spacial score (nSPS) is 13.1. The average molecular weight is 239 g/mol. The maximum Gasteiger partial charge on any atom is 0.209 e. The van der Waals surface area contributed by atoms with Crippen LogP contribution in [-0.4, -0.2) is 40.6 Å². The van der Waals surface area contributed by atoms with E-state index in [9.17, 15) is 8.42 Å². The molecule has 0 aliphatic rings. The van der Waals surface area contributed by atoms with Crippen molar-refractivity contribution in [3.05, 3.63) is 0 Å². The monoisotopic (exact) mass is 239 g/mol. The molecule has 0 fully saturated rings. The molecule has 0 heterocycles. The van der Waals surface area contributed by atoms with Crippen molar-refractivity contribution in [3.8, 4) is 0 Å². The van der Waals surface area contributed by atoms with E-state index >= 15 is 0 Å². The average Bonchev–Trinajstić information content (AvgIpc) is 1.99. The van der Waals surface area contributed by atoms with Gasteiger partial charge in [-0.3, -0.25) is 0 Å². The molecule has 0 unspecified atom stereocenters.